The third-order valence-corrected chi connectivity index (χ3v) is 3.80. The normalized spacial score (nSPS) is 17.4. The van der Waals surface area contributed by atoms with Gasteiger partial charge < -0.3 is 10.1 Å². The van der Waals surface area contributed by atoms with Gasteiger partial charge in [-0.1, -0.05) is 30.3 Å². The minimum Gasteiger partial charge on any atom is -0.493 e. The van der Waals surface area contributed by atoms with E-state index in [9.17, 15) is 4.39 Å². The molecule has 3 heteroatoms. The number of hydrogen-bond donors (Lipinski definition) is 1. The summed E-state index contributed by atoms with van der Waals surface area (Å²) in [5, 5.41) is 3.24. The lowest BCUT2D eigenvalue weighted by Crippen LogP contribution is -2.23. The van der Waals surface area contributed by atoms with E-state index in [-0.39, 0.29) is 5.82 Å². The van der Waals surface area contributed by atoms with E-state index < -0.39 is 0 Å². The first-order chi connectivity index (χ1) is 9.79. The molecule has 20 heavy (non-hydrogen) atoms. The zero-order chi connectivity index (χ0) is 13.9. The van der Waals surface area contributed by atoms with Gasteiger partial charge in [-0.15, -0.1) is 0 Å². The Kier molecular flexibility index (Phi) is 3.70. The van der Waals surface area contributed by atoms with Crippen LogP contribution in [0.2, 0.25) is 0 Å². The molecule has 0 aliphatic carbocycles. The highest BCUT2D eigenvalue weighted by Gasteiger charge is 2.23. The van der Waals surface area contributed by atoms with E-state index in [1.807, 2.05) is 13.1 Å². The molecule has 1 atom stereocenters. The lowest BCUT2D eigenvalue weighted by molar-refractivity contribution is 0.267. The van der Waals surface area contributed by atoms with Crippen LogP contribution in [0.1, 0.15) is 17.9 Å². The van der Waals surface area contributed by atoms with Gasteiger partial charge in [0.1, 0.15) is 11.6 Å². The summed E-state index contributed by atoms with van der Waals surface area (Å²) in [7, 11) is 1.97. The molecule has 2 aromatic carbocycles. The predicted octanol–water partition coefficient (Wildman–Crippen LogP) is 3.58. The summed E-state index contributed by atoms with van der Waals surface area (Å²) in [6.45, 7) is 1.68. The lowest BCUT2D eigenvalue weighted by atomic mass is 9.89. The van der Waals surface area contributed by atoms with Crippen molar-refractivity contribution in [2.75, 3.05) is 20.2 Å². The Morgan fingerprint density at radius 2 is 2.00 bits per heavy atom. The first-order valence-electron chi connectivity index (χ1n) is 6.96. The predicted molar refractivity (Wildman–Crippen MR) is 78.6 cm³/mol. The highest BCUT2D eigenvalue weighted by Crippen LogP contribution is 2.40. The molecule has 104 valence electrons. The van der Waals surface area contributed by atoms with Crippen LogP contribution in [0.3, 0.4) is 0 Å². The van der Waals surface area contributed by atoms with Crippen LogP contribution in [0, 0.1) is 5.82 Å². The zero-order valence-corrected chi connectivity index (χ0v) is 11.5. The maximum absolute atomic E-state index is 13.1. The van der Waals surface area contributed by atoms with Crippen molar-refractivity contribution < 1.29 is 9.13 Å². The van der Waals surface area contributed by atoms with Gasteiger partial charge in [-0.3, -0.25) is 0 Å². The Morgan fingerprint density at radius 1 is 1.20 bits per heavy atom. The first-order valence-corrected chi connectivity index (χ1v) is 6.96. The molecule has 3 rings (SSSR count). The highest BCUT2D eigenvalue weighted by molar-refractivity contribution is 5.72. The average Bonchev–Trinajstić information content (AvgIpc) is 2.48. The van der Waals surface area contributed by atoms with E-state index in [0.29, 0.717) is 5.92 Å². The van der Waals surface area contributed by atoms with Crippen LogP contribution in [0.25, 0.3) is 11.1 Å². The molecule has 0 saturated carbocycles. The molecule has 0 fully saturated rings. The lowest BCUT2D eigenvalue weighted by Gasteiger charge is -2.27. The Hall–Kier alpha value is -1.87. The number of ether oxygens (including phenoxy) is 1. The summed E-state index contributed by atoms with van der Waals surface area (Å²) >= 11 is 0. The Morgan fingerprint density at radius 3 is 2.75 bits per heavy atom. The van der Waals surface area contributed by atoms with Crippen LogP contribution in [0.5, 0.6) is 5.75 Å². The van der Waals surface area contributed by atoms with Gasteiger partial charge >= 0.3 is 0 Å². The monoisotopic (exact) mass is 271 g/mol. The van der Waals surface area contributed by atoms with Crippen molar-refractivity contribution in [1.29, 1.82) is 0 Å². The average molecular weight is 271 g/mol. The number of fused-ring (bicyclic) bond motifs is 1. The van der Waals surface area contributed by atoms with Crippen LogP contribution in [-0.2, 0) is 0 Å². The quantitative estimate of drug-likeness (QED) is 0.921. The SMILES string of the molecule is CNCC1CCOc2c(-c3ccc(F)cc3)cccc21. The van der Waals surface area contributed by atoms with Crippen LogP contribution in [0.15, 0.2) is 42.5 Å². The molecule has 1 unspecified atom stereocenters. The molecular formula is C17H18FNO. The van der Waals surface area contributed by atoms with E-state index in [4.69, 9.17) is 4.74 Å². The van der Waals surface area contributed by atoms with E-state index in [0.717, 1.165) is 36.4 Å². The largest absolute Gasteiger partial charge is 0.493 e. The zero-order valence-electron chi connectivity index (χ0n) is 11.5. The second kappa shape index (κ2) is 5.63. The molecule has 0 spiro atoms. The molecule has 2 aromatic rings. The Balaban J connectivity index is 2.05. The maximum Gasteiger partial charge on any atom is 0.130 e. The topological polar surface area (TPSA) is 21.3 Å². The summed E-state index contributed by atoms with van der Waals surface area (Å²) < 4.78 is 19.0. The molecule has 0 amide bonds. The smallest absolute Gasteiger partial charge is 0.130 e. The summed E-state index contributed by atoms with van der Waals surface area (Å²) in [4.78, 5) is 0. The van der Waals surface area contributed by atoms with Gasteiger partial charge in [0.25, 0.3) is 0 Å². The molecule has 1 aliphatic heterocycles. The van der Waals surface area contributed by atoms with Crippen molar-refractivity contribution in [3.8, 4) is 16.9 Å². The molecule has 2 nitrogen and oxygen atoms in total. The molecule has 0 bridgehead atoms. The molecule has 0 aromatic heterocycles. The Bertz CT molecular complexity index is 594. The summed E-state index contributed by atoms with van der Waals surface area (Å²) in [5.74, 6) is 1.21. The molecule has 0 saturated heterocycles. The standard InChI is InChI=1S/C17H18FNO/c1-19-11-13-9-10-20-17-15(3-2-4-16(13)17)12-5-7-14(18)8-6-12/h2-8,13,19H,9-11H2,1H3. The first kappa shape index (κ1) is 13.1. The summed E-state index contributed by atoms with van der Waals surface area (Å²) in [6, 6.07) is 12.8. The fourth-order valence-electron chi connectivity index (χ4n) is 2.81. The van der Waals surface area contributed by atoms with Crippen molar-refractivity contribution in [2.45, 2.75) is 12.3 Å². The van der Waals surface area contributed by atoms with Gasteiger partial charge in [0.05, 0.1) is 6.61 Å². The van der Waals surface area contributed by atoms with E-state index in [1.54, 1.807) is 12.1 Å². The number of para-hydroxylation sites is 1. The minimum atomic E-state index is -0.215. The Labute approximate surface area is 118 Å². The van der Waals surface area contributed by atoms with Gasteiger partial charge in [-0.2, -0.15) is 0 Å². The second-order valence-corrected chi connectivity index (χ2v) is 5.12. The highest BCUT2D eigenvalue weighted by atomic mass is 19.1. The second-order valence-electron chi connectivity index (χ2n) is 5.12. The van der Waals surface area contributed by atoms with Crippen molar-refractivity contribution in [2.24, 2.45) is 0 Å². The molecular weight excluding hydrogens is 253 g/mol. The van der Waals surface area contributed by atoms with Gasteiger partial charge in [0.2, 0.25) is 0 Å². The number of likely N-dealkylation sites (N-methyl/N-ethyl adjacent to an activating group) is 1. The van der Waals surface area contributed by atoms with Gasteiger partial charge in [0, 0.05) is 18.0 Å². The number of hydrogen-bond acceptors (Lipinski definition) is 2. The summed E-state index contributed by atoms with van der Waals surface area (Å²) in [6.07, 6.45) is 1.03. The minimum absolute atomic E-state index is 0.215. The maximum atomic E-state index is 13.1. The van der Waals surface area contributed by atoms with Crippen LogP contribution < -0.4 is 10.1 Å². The van der Waals surface area contributed by atoms with Crippen LogP contribution in [-0.4, -0.2) is 20.2 Å². The molecule has 1 aliphatic rings. The van der Waals surface area contributed by atoms with Gasteiger partial charge in [-0.25, -0.2) is 4.39 Å². The number of benzene rings is 2. The number of rotatable bonds is 3. The van der Waals surface area contributed by atoms with Gasteiger partial charge in [0.15, 0.2) is 0 Å². The fraction of sp³-hybridized carbons (Fsp3) is 0.294. The molecule has 1 N–H and O–H groups in total. The van der Waals surface area contributed by atoms with Crippen molar-refractivity contribution in [3.63, 3.8) is 0 Å². The number of nitrogens with one attached hydrogen (secondary N) is 1. The van der Waals surface area contributed by atoms with Gasteiger partial charge in [-0.05, 0) is 36.7 Å². The van der Waals surface area contributed by atoms with Crippen LogP contribution >= 0.6 is 0 Å². The fourth-order valence-corrected chi connectivity index (χ4v) is 2.81. The van der Waals surface area contributed by atoms with E-state index in [2.05, 4.69) is 17.4 Å². The van der Waals surface area contributed by atoms with Crippen molar-refractivity contribution in [3.05, 3.63) is 53.8 Å². The summed E-state index contributed by atoms with van der Waals surface area (Å²) in [5.41, 5.74) is 3.28. The third kappa shape index (κ3) is 2.41. The van der Waals surface area contributed by atoms with Crippen molar-refractivity contribution in [1.82, 2.24) is 5.32 Å². The number of halogens is 1. The van der Waals surface area contributed by atoms with Crippen molar-refractivity contribution >= 4 is 0 Å². The molecule has 0 radical (unpaired) electrons. The van der Waals surface area contributed by atoms with E-state index >= 15 is 0 Å². The van der Waals surface area contributed by atoms with E-state index in [1.165, 1.54) is 17.7 Å². The molecule has 1 heterocycles. The van der Waals surface area contributed by atoms with Crippen LogP contribution in [0.4, 0.5) is 4.39 Å². The third-order valence-electron chi connectivity index (χ3n) is 3.80.